The average molecular weight is 287 g/mol. The predicted molar refractivity (Wildman–Crippen MR) is 84.8 cm³/mol. The van der Waals surface area contributed by atoms with Gasteiger partial charge in [-0.05, 0) is 37.1 Å². The third-order valence-corrected chi connectivity index (χ3v) is 4.88. The predicted octanol–water partition coefficient (Wildman–Crippen LogP) is 4.26. The molecule has 4 heteroatoms. The molecular weight excluding hydrogens is 266 g/mol. The first-order valence-electron chi connectivity index (χ1n) is 7.33. The maximum atomic E-state index is 5.80. The zero-order valence-corrected chi connectivity index (χ0v) is 12.5. The van der Waals surface area contributed by atoms with E-state index in [-0.39, 0.29) is 0 Å². The van der Waals surface area contributed by atoms with Gasteiger partial charge in [0.15, 0.2) is 0 Å². The molecule has 0 bridgehead atoms. The van der Waals surface area contributed by atoms with E-state index in [0.29, 0.717) is 6.04 Å². The molecule has 1 saturated carbocycles. The van der Waals surface area contributed by atoms with Crippen LogP contribution in [0, 0.1) is 0 Å². The number of hydrogen-bond acceptors (Lipinski definition) is 3. The number of benzene rings is 1. The Bertz CT molecular complexity index is 558. The molecule has 0 saturated heterocycles. The summed E-state index contributed by atoms with van der Waals surface area (Å²) in [5.41, 5.74) is 7.77. The van der Waals surface area contributed by atoms with E-state index < -0.39 is 0 Å². The van der Waals surface area contributed by atoms with Gasteiger partial charge >= 0.3 is 0 Å². The summed E-state index contributed by atoms with van der Waals surface area (Å²) in [6.07, 6.45) is 8.78. The molecule has 1 aliphatic rings. The Hall–Kier alpha value is -1.42. The first-order chi connectivity index (χ1) is 9.81. The van der Waals surface area contributed by atoms with Gasteiger partial charge in [0, 0.05) is 22.5 Å². The van der Waals surface area contributed by atoms with Crippen LogP contribution >= 0.6 is 11.8 Å². The standard InChI is InChI=1S/C16H21N3S/c17-13-5-4-8-16(11-13)20-12-14-9-10-19(18-14)15-6-2-1-3-7-15/h4-5,8-11,15H,1-3,6-7,12,17H2. The summed E-state index contributed by atoms with van der Waals surface area (Å²) < 4.78 is 2.18. The van der Waals surface area contributed by atoms with Crippen molar-refractivity contribution in [2.75, 3.05) is 5.73 Å². The molecule has 0 radical (unpaired) electrons. The molecule has 0 amide bonds. The van der Waals surface area contributed by atoms with Crippen LogP contribution in [-0.2, 0) is 5.75 Å². The Labute approximate surface area is 124 Å². The second-order valence-corrected chi connectivity index (χ2v) is 6.49. The molecule has 1 aliphatic carbocycles. The van der Waals surface area contributed by atoms with E-state index in [0.717, 1.165) is 17.1 Å². The van der Waals surface area contributed by atoms with E-state index in [1.54, 1.807) is 11.8 Å². The largest absolute Gasteiger partial charge is 0.399 e. The van der Waals surface area contributed by atoms with Gasteiger partial charge in [0.05, 0.1) is 11.7 Å². The minimum absolute atomic E-state index is 0.620. The van der Waals surface area contributed by atoms with Gasteiger partial charge in [-0.15, -0.1) is 11.8 Å². The van der Waals surface area contributed by atoms with E-state index in [4.69, 9.17) is 10.8 Å². The molecule has 1 fully saturated rings. The van der Waals surface area contributed by atoms with E-state index in [2.05, 4.69) is 23.0 Å². The number of nitrogens with two attached hydrogens (primary N) is 1. The van der Waals surface area contributed by atoms with Crippen molar-refractivity contribution in [1.82, 2.24) is 9.78 Å². The summed E-state index contributed by atoms with van der Waals surface area (Å²) in [5, 5.41) is 4.74. The van der Waals surface area contributed by atoms with Gasteiger partial charge in [-0.3, -0.25) is 4.68 Å². The van der Waals surface area contributed by atoms with Crippen LogP contribution in [0.25, 0.3) is 0 Å². The minimum Gasteiger partial charge on any atom is -0.399 e. The van der Waals surface area contributed by atoms with Crippen LogP contribution in [0.3, 0.4) is 0 Å². The van der Waals surface area contributed by atoms with Crippen molar-refractivity contribution in [2.45, 2.75) is 48.8 Å². The van der Waals surface area contributed by atoms with E-state index >= 15 is 0 Å². The zero-order valence-electron chi connectivity index (χ0n) is 11.7. The van der Waals surface area contributed by atoms with Crippen molar-refractivity contribution in [3.05, 3.63) is 42.2 Å². The molecule has 106 valence electrons. The smallest absolute Gasteiger partial charge is 0.0727 e. The molecule has 0 atom stereocenters. The highest BCUT2D eigenvalue weighted by Gasteiger charge is 2.15. The number of rotatable bonds is 4. The van der Waals surface area contributed by atoms with Crippen LogP contribution < -0.4 is 5.73 Å². The maximum absolute atomic E-state index is 5.80. The molecule has 0 spiro atoms. The second-order valence-electron chi connectivity index (χ2n) is 5.44. The lowest BCUT2D eigenvalue weighted by Gasteiger charge is -2.21. The van der Waals surface area contributed by atoms with Crippen LogP contribution in [0.4, 0.5) is 5.69 Å². The Kier molecular flexibility index (Phi) is 4.31. The first-order valence-corrected chi connectivity index (χ1v) is 8.32. The maximum Gasteiger partial charge on any atom is 0.0727 e. The third kappa shape index (κ3) is 3.37. The van der Waals surface area contributed by atoms with Crippen molar-refractivity contribution >= 4 is 17.4 Å². The van der Waals surface area contributed by atoms with Crippen molar-refractivity contribution in [2.24, 2.45) is 0 Å². The summed E-state index contributed by atoms with van der Waals surface area (Å²) in [7, 11) is 0. The second kappa shape index (κ2) is 6.35. The molecule has 20 heavy (non-hydrogen) atoms. The number of thioether (sulfide) groups is 1. The molecule has 3 rings (SSSR count). The van der Waals surface area contributed by atoms with E-state index in [9.17, 15) is 0 Å². The highest BCUT2D eigenvalue weighted by molar-refractivity contribution is 7.98. The SMILES string of the molecule is Nc1cccc(SCc2ccn(C3CCCCC3)n2)c1. The number of nitrogens with zero attached hydrogens (tertiary/aromatic N) is 2. The fourth-order valence-corrected chi connectivity index (χ4v) is 3.63. The van der Waals surface area contributed by atoms with Crippen LogP contribution in [0.1, 0.15) is 43.8 Å². The lowest BCUT2D eigenvalue weighted by Crippen LogP contribution is -2.13. The summed E-state index contributed by atoms with van der Waals surface area (Å²) in [6.45, 7) is 0. The Balaban J connectivity index is 1.59. The molecule has 0 aliphatic heterocycles. The molecule has 3 nitrogen and oxygen atoms in total. The zero-order chi connectivity index (χ0) is 13.8. The lowest BCUT2D eigenvalue weighted by molar-refractivity contribution is 0.328. The topological polar surface area (TPSA) is 43.8 Å². The summed E-state index contributed by atoms with van der Waals surface area (Å²) >= 11 is 1.79. The fourth-order valence-electron chi connectivity index (χ4n) is 2.76. The van der Waals surface area contributed by atoms with Crippen molar-refractivity contribution < 1.29 is 0 Å². The highest BCUT2D eigenvalue weighted by atomic mass is 32.2. The molecule has 1 heterocycles. The normalized spacial score (nSPS) is 16.4. The van der Waals surface area contributed by atoms with Gasteiger partial charge < -0.3 is 5.73 Å². The number of anilines is 1. The average Bonchev–Trinajstić information content (AvgIpc) is 2.95. The number of hydrogen-bond donors (Lipinski definition) is 1. The van der Waals surface area contributed by atoms with Crippen LogP contribution in [0.2, 0.25) is 0 Å². The van der Waals surface area contributed by atoms with Crippen LogP contribution in [0.5, 0.6) is 0 Å². The van der Waals surface area contributed by atoms with E-state index in [1.807, 2.05) is 18.2 Å². The molecule has 0 unspecified atom stereocenters. The van der Waals surface area contributed by atoms with Gasteiger partial charge in [-0.2, -0.15) is 5.10 Å². The van der Waals surface area contributed by atoms with Crippen molar-refractivity contribution in [1.29, 1.82) is 0 Å². The van der Waals surface area contributed by atoms with Crippen LogP contribution in [-0.4, -0.2) is 9.78 Å². The Morgan fingerprint density at radius 3 is 2.85 bits per heavy atom. The molecule has 2 aromatic rings. The van der Waals surface area contributed by atoms with Gasteiger partial charge in [-0.1, -0.05) is 25.3 Å². The highest BCUT2D eigenvalue weighted by Crippen LogP contribution is 2.28. The number of nitrogen functional groups attached to an aromatic ring is 1. The summed E-state index contributed by atoms with van der Waals surface area (Å²) in [4.78, 5) is 1.21. The van der Waals surface area contributed by atoms with Crippen LogP contribution in [0.15, 0.2) is 41.4 Å². The fraction of sp³-hybridized carbons (Fsp3) is 0.438. The van der Waals surface area contributed by atoms with Crippen molar-refractivity contribution in [3.63, 3.8) is 0 Å². The van der Waals surface area contributed by atoms with Gasteiger partial charge in [0.2, 0.25) is 0 Å². The molecule has 1 aromatic carbocycles. The van der Waals surface area contributed by atoms with Gasteiger partial charge in [-0.25, -0.2) is 0 Å². The summed E-state index contributed by atoms with van der Waals surface area (Å²) in [6, 6.07) is 10.8. The summed E-state index contributed by atoms with van der Waals surface area (Å²) in [5.74, 6) is 0.906. The minimum atomic E-state index is 0.620. The quantitative estimate of drug-likeness (QED) is 0.675. The monoisotopic (exact) mass is 287 g/mol. The number of aromatic nitrogens is 2. The van der Waals surface area contributed by atoms with Gasteiger partial charge in [0.1, 0.15) is 0 Å². The van der Waals surface area contributed by atoms with E-state index in [1.165, 1.54) is 37.0 Å². The van der Waals surface area contributed by atoms with Gasteiger partial charge in [0.25, 0.3) is 0 Å². The molecule has 1 aromatic heterocycles. The Morgan fingerprint density at radius 1 is 1.20 bits per heavy atom. The lowest BCUT2D eigenvalue weighted by atomic mass is 9.96. The molecular formula is C16H21N3S. The third-order valence-electron chi connectivity index (χ3n) is 3.86. The first kappa shape index (κ1) is 13.6. The molecule has 2 N–H and O–H groups in total. The Morgan fingerprint density at radius 2 is 2.05 bits per heavy atom. The van der Waals surface area contributed by atoms with Crippen molar-refractivity contribution in [3.8, 4) is 0 Å².